The Labute approximate surface area is 172 Å². The summed E-state index contributed by atoms with van der Waals surface area (Å²) in [5.74, 6) is 1.19. The average Bonchev–Trinajstić information content (AvgIpc) is 2.74. The summed E-state index contributed by atoms with van der Waals surface area (Å²) < 4.78 is 16.0. The van der Waals surface area contributed by atoms with Gasteiger partial charge in [-0.1, -0.05) is 11.6 Å². The molecule has 0 atom stereocenters. The Kier molecular flexibility index (Phi) is 6.65. The minimum Gasteiger partial charge on any atom is -0.493 e. The van der Waals surface area contributed by atoms with E-state index in [1.165, 1.54) is 20.3 Å². The molecule has 0 aliphatic heterocycles. The van der Waals surface area contributed by atoms with Gasteiger partial charge in [0.2, 0.25) is 5.91 Å². The quantitative estimate of drug-likeness (QED) is 0.572. The van der Waals surface area contributed by atoms with Gasteiger partial charge >= 0.3 is 6.01 Å². The number of halogens is 1. The molecule has 0 radical (unpaired) electrons. The maximum Gasteiger partial charge on any atom is 0.321 e. The number of methoxy groups -OCH3 is 2. The second kappa shape index (κ2) is 9.57. The smallest absolute Gasteiger partial charge is 0.321 e. The minimum absolute atomic E-state index is 0.251. The highest BCUT2D eigenvalue weighted by molar-refractivity contribution is 6.32. The highest BCUT2D eigenvalue weighted by Gasteiger charge is 2.10. The van der Waals surface area contributed by atoms with Crippen molar-refractivity contribution in [2.75, 3.05) is 19.5 Å². The van der Waals surface area contributed by atoms with Crippen LogP contribution in [0.15, 0.2) is 60.9 Å². The molecule has 3 aromatic rings. The van der Waals surface area contributed by atoms with E-state index in [0.29, 0.717) is 33.5 Å². The van der Waals surface area contributed by atoms with Gasteiger partial charge in [-0.2, -0.15) is 0 Å². The third-order valence-electron chi connectivity index (χ3n) is 3.76. The van der Waals surface area contributed by atoms with E-state index in [-0.39, 0.29) is 11.9 Å². The van der Waals surface area contributed by atoms with Crippen LogP contribution in [0.4, 0.5) is 5.69 Å². The summed E-state index contributed by atoms with van der Waals surface area (Å²) in [6, 6.07) is 12.2. The number of benzene rings is 2. The number of rotatable bonds is 7. The third-order valence-corrected chi connectivity index (χ3v) is 4.04. The van der Waals surface area contributed by atoms with Crippen molar-refractivity contribution in [3.05, 3.63) is 71.5 Å². The van der Waals surface area contributed by atoms with Gasteiger partial charge in [0, 0.05) is 24.2 Å². The zero-order valence-corrected chi connectivity index (χ0v) is 16.5. The predicted molar refractivity (Wildman–Crippen MR) is 111 cm³/mol. The van der Waals surface area contributed by atoms with Gasteiger partial charge < -0.3 is 19.5 Å². The van der Waals surface area contributed by atoms with Crippen LogP contribution in [-0.2, 0) is 4.79 Å². The number of nitrogens with one attached hydrogen (secondary N) is 1. The summed E-state index contributed by atoms with van der Waals surface area (Å²) in [4.78, 5) is 20.2. The molecule has 1 aromatic heterocycles. The fourth-order valence-electron chi connectivity index (χ4n) is 2.44. The number of nitrogens with zero attached hydrogens (tertiary/aromatic N) is 2. The predicted octanol–water partition coefficient (Wildman–Crippen LogP) is 4.59. The van der Waals surface area contributed by atoms with Crippen molar-refractivity contribution >= 4 is 29.3 Å². The van der Waals surface area contributed by atoms with E-state index in [9.17, 15) is 4.79 Å². The summed E-state index contributed by atoms with van der Waals surface area (Å²) in [6.45, 7) is 0. The van der Waals surface area contributed by atoms with Crippen molar-refractivity contribution < 1.29 is 19.0 Å². The molecule has 1 amide bonds. The number of anilines is 1. The molecule has 0 bridgehead atoms. The summed E-state index contributed by atoms with van der Waals surface area (Å²) in [5, 5.41) is 3.16. The van der Waals surface area contributed by atoms with Crippen LogP contribution in [0.5, 0.6) is 23.3 Å². The van der Waals surface area contributed by atoms with Crippen LogP contribution in [0.25, 0.3) is 6.08 Å². The van der Waals surface area contributed by atoms with Crippen molar-refractivity contribution in [1.82, 2.24) is 9.97 Å². The molecule has 1 heterocycles. The normalized spacial score (nSPS) is 10.6. The van der Waals surface area contributed by atoms with Gasteiger partial charge in [-0.15, -0.1) is 0 Å². The molecule has 29 heavy (non-hydrogen) atoms. The standard InChI is InChI=1S/C21H18ClN3O4/c1-27-18-13-14(12-17(22)20(18)28-2)4-9-19(26)25-15-5-7-16(8-6-15)29-21-23-10-3-11-24-21/h3-13H,1-2H3,(H,25,26). The maximum atomic E-state index is 12.2. The molecule has 0 spiro atoms. The molecule has 0 unspecified atom stereocenters. The van der Waals surface area contributed by atoms with E-state index in [2.05, 4.69) is 15.3 Å². The summed E-state index contributed by atoms with van der Waals surface area (Å²) in [6.07, 6.45) is 6.22. The van der Waals surface area contributed by atoms with E-state index in [1.807, 2.05) is 0 Å². The fraction of sp³-hybridized carbons (Fsp3) is 0.0952. The zero-order chi connectivity index (χ0) is 20.6. The number of hydrogen-bond donors (Lipinski definition) is 1. The zero-order valence-electron chi connectivity index (χ0n) is 15.8. The second-order valence-corrected chi connectivity index (χ2v) is 6.13. The van der Waals surface area contributed by atoms with Crippen molar-refractivity contribution in [1.29, 1.82) is 0 Å². The Balaban J connectivity index is 1.62. The van der Waals surface area contributed by atoms with Crippen LogP contribution in [-0.4, -0.2) is 30.1 Å². The Bertz CT molecular complexity index is 1010. The van der Waals surface area contributed by atoms with Crippen LogP contribution in [0, 0.1) is 0 Å². The molecular weight excluding hydrogens is 394 g/mol. The van der Waals surface area contributed by atoms with Gasteiger partial charge in [0.05, 0.1) is 19.2 Å². The molecule has 8 heteroatoms. The molecular formula is C21H18ClN3O4. The summed E-state index contributed by atoms with van der Waals surface area (Å²) >= 11 is 6.17. The van der Waals surface area contributed by atoms with Gasteiger partial charge in [-0.25, -0.2) is 9.97 Å². The molecule has 0 aliphatic rings. The molecule has 7 nitrogen and oxygen atoms in total. The molecule has 148 valence electrons. The first kappa shape index (κ1) is 20.2. The number of ether oxygens (including phenoxy) is 3. The lowest BCUT2D eigenvalue weighted by atomic mass is 10.2. The minimum atomic E-state index is -0.295. The molecule has 1 N–H and O–H groups in total. The highest BCUT2D eigenvalue weighted by Crippen LogP contribution is 2.36. The molecule has 2 aromatic carbocycles. The Morgan fingerprint density at radius 2 is 1.79 bits per heavy atom. The van der Waals surface area contributed by atoms with Gasteiger partial charge in [-0.3, -0.25) is 4.79 Å². The van der Waals surface area contributed by atoms with Crippen molar-refractivity contribution in [3.63, 3.8) is 0 Å². The van der Waals surface area contributed by atoms with Crippen molar-refractivity contribution in [2.45, 2.75) is 0 Å². The van der Waals surface area contributed by atoms with Gasteiger partial charge in [0.15, 0.2) is 11.5 Å². The molecule has 0 saturated heterocycles. The Morgan fingerprint density at radius 3 is 2.45 bits per heavy atom. The molecule has 0 aliphatic carbocycles. The monoisotopic (exact) mass is 411 g/mol. The number of aromatic nitrogens is 2. The van der Waals surface area contributed by atoms with Gasteiger partial charge in [0.1, 0.15) is 5.75 Å². The summed E-state index contributed by atoms with van der Waals surface area (Å²) in [7, 11) is 3.03. The number of carbonyl (C=O) groups is 1. The third kappa shape index (κ3) is 5.46. The van der Waals surface area contributed by atoms with Crippen LogP contribution in [0.1, 0.15) is 5.56 Å². The first-order chi connectivity index (χ1) is 14.1. The first-order valence-corrected chi connectivity index (χ1v) is 8.92. The Morgan fingerprint density at radius 1 is 1.07 bits per heavy atom. The topological polar surface area (TPSA) is 82.6 Å². The van der Waals surface area contributed by atoms with E-state index in [1.54, 1.807) is 60.9 Å². The molecule has 0 saturated carbocycles. The van der Waals surface area contributed by atoms with E-state index in [0.717, 1.165) is 0 Å². The van der Waals surface area contributed by atoms with Crippen LogP contribution in [0.3, 0.4) is 0 Å². The van der Waals surface area contributed by atoms with E-state index < -0.39 is 0 Å². The van der Waals surface area contributed by atoms with Crippen molar-refractivity contribution in [2.24, 2.45) is 0 Å². The van der Waals surface area contributed by atoms with Crippen LogP contribution >= 0.6 is 11.6 Å². The summed E-state index contributed by atoms with van der Waals surface area (Å²) in [5.41, 5.74) is 1.32. The van der Waals surface area contributed by atoms with Gasteiger partial charge in [-0.05, 0) is 54.1 Å². The maximum absolute atomic E-state index is 12.2. The lowest BCUT2D eigenvalue weighted by Gasteiger charge is -2.10. The fourth-order valence-corrected chi connectivity index (χ4v) is 2.74. The highest BCUT2D eigenvalue weighted by atomic mass is 35.5. The van der Waals surface area contributed by atoms with Crippen LogP contribution in [0.2, 0.25) is 5.02 Å². The van der Waals surface area contributed by atoms with Crippen LogP contribution < -0.4 is 19.5 Å². The number of amides is 1. The second-order valence-electron chi connectivity index (χ2n) is 5.72. The molecule has 0 fully saturated rings. The number of carbonyl (C=O) groups excluding carboxylic acids is 1. The lowest BCUT2D eigenvalue weighted by molar-refractivity contribution is -0.111. The lowest BCUT2D eigenvalue weighted by Crippen LogP contribution is -2.07. The average molecular weight is 412 g/mol. The number of hydrogen-bond acceptors (Lipinski definition) is 6. The van der Waals surface area contributed by atoms with Crippen molar-refractivity contribution in [3.8, 4) is 23.3 Å². The molecule has 3 rings (SSSR count). The first-order valence-electron chi connectivity index (χ1n) is 8.54. The van der Waals surface area contributed by atoms with E-state index in [4.69, 9.17) is 25.8 Å². The Hall–Kier alpha value is -3.58. The SMILES string of the molecule is COc1cc(C=CC(=O)Nc2ccc(Oc3ncccn3)cc2)cc(Cl)c1OC. The largest absolute Gasteiger partial charge is 0.493 e. The van der Waals surface area contributed by atoms with E-state index >= 15 is 0 Å². The van der Waals surface area contributed by atoms with Gasteiger partial charge in [0.25, 0.3) is 0 Å².